The number of hydrogen-bond acceptors (Lipinski definition) is 5. The number of hydrogen-bond donors (Lipinski definition) is 3. The number of aromatic carboxylic acids is 1. The molecule has 0 bridgehead atoms. The van der Waals surface area contributed by atoms with Crippen LogP contribution < -0.4 is 9.47 Å². The second-order valence-electron chi connectivity index (χ2n) is 8.76. The molecule has 0 aliphatic heterocycles. The summed E-state index contributed by atoms with van der Waals surface area (Å²) < 4.78 is 11.5. The second-order valence-corrected chi connectivity index (χ2v) is 8.76. The first-order valence-corrected chi connectivity index (χ1v) is 12.4. The molecule has 6 heteroatoms. The Balaban J connectivity index is 2.04. The number of aliphatic hydroxyl groups excluding tert-OH is 2. The fourth-order valence-corrected chi connectivity index (χ4v) is 3.87. The minimum absolute atomic E-state index is 0.0521. The molecule has 0 heterocycles. The Labute approximate surface area is 197 Å². The van der Waals surface area contributed by atoms with Crippen LogP contribution in [0.15, 0.2) is 30.3 Å². The highest BCUT2D eigenvalue weighted by Crippen LogP contribution is 2.31. The van der Waals surface area contributed by atoms with Crippen LogP contribution in [0.1, 0.15) is 88.4 Å². The number of carbonyl (C=O) groups is 1. The smallest absolute Gasteiger partial charge is 0.340 e. The van der Waals surface area contributed by atoms with Gasteiger partial charge in [-0.1, -0.05) is 77.3 Å². The molecule has 6 nitrogen and oxygen atoms in total. The van der Waals surface area contributed by atoms with Crippen molar-refractivity contribution in [2.45, 2.75) is 90.3 Å². The van der Waals surface area contributed by atoms with E-state index in [2.05, 4.69) is 13.8 Å². The molecule has 0 fully saturated rings. The molecule has 2 aromatic rings. The third-order valence-electron chi connectivity index (χ3n) is 5.82. The van der Waals surface area contributed by atoms with E-state index in [1.54, 1.807) is 30.3 Å². The third-order valence-corrected chi connectivity index (χ3v) is 5.82. The van der Waals surface area contributed by atoms with E-state index in [1.807, 2.05) is 0 Å². The summed E-state index contributed by atoms with van der Waals surface area (Å²) >= 11 is 0. The standard InChI is InChI=1S/C27H40O6/c1-3-5-7-9-11-21(28)18-32-23-15-13-20-14-16-25(26(27(30)31)24(20)17-23)33-19-22(29)12-10-8-6-4-2/h13-17,21-22,28-29H,3-12,18-19H2,1-2H3,(H,30,31). The molecule has 2 unspecified atom stereocenters. The maximum Gasteiger partial charge on any atom is 0.340 e. The monoisotopic (exact) mass is 460 g/mol. The predicted octanol–water partition coefficient (Wildman–Crippen LogP) is 5.96. The zero-order valence-electron chi connectivity index (χ0n) is 20.1. The lowest BCUT2D eigenvalue weighted by Gasteiger charge is -2.16. The summed E-state index contributed by atoms with van der Waals surface area (Å²) in [6, 6.07) is 8.69. The van der Waals surface area contributed by atoms with Gasteiger partial charge in [-0.05, 0) is 36.4 Å². The molecular weight excluding hydrogens is 420 g/mol. The van der Waals surface area contributed by atoms with Gasteiger partial charge in [0.25, 0.3) is 0 Å². The molecule has 0 aliphatic rings. The second kappa shape index (κ2) is 14.8. The number of carboxylic acids is 1. The van der Waals surface area contributed by atoms with Crippen LogP contribution in [-0.4, -0.2) is 46.7 Å². The molecule has 0 saturated carbocycles. The molecule has 0 radical (unpaired) electrons. The lowest BCUT2D eigenvalue weighted by atomic mass is 10.0. The molecule has 0 aliphatic carbocycles. The molecule has 33 heavy (non-hydrogen) atoms. The first-order valence-electron chi connectivity index (χ1n) is 12.4. The van der Waals surface area contributed by atoms with E-state index >= 15 is 0 Å². The zero-order chi connectivity index (χ0) is 24.1. The quantitative estimate of drug-likeness (QED) is 0.252. The van der Waals surface area contributed by atoms with Gasteiger partial charge in [0.15, 0.2) is 0 Å². The normalized spacial score (nSPS) is 13.1. The number of rotatable bonds is 17. The van der Waals surface area contributed by atoms with Gasteiger partial charge in [0, 0.05) is 5.39 Å². The molecule has 2 aromatic carbocycles. The largest absolute Gasteiger partial charge is 0.491 e. The fourth-order valence-electron chi connectivity index (χ4n) is 3.87. The van der Waals surface area contributed by atoms with Gasteiger partial charge in [0.2, 0.25) is 0 Å². The number of aliphatic hydroxyl groups is 2. The Hall–Kier alpha value is -2.31. The van der Waals surface area contributed by atoms with Crippen molar-refractivity contribution < 1.29 is 29.6 Å². The van der Waals surface area contributed by atoms with Crippen molar-refractivity contribution in [3.05, 3.63) is 35.9 Å². The Morgan fingerprint density at radius 1 is 0.818 bits per heavy atom. The zero-order valence-corrected chi connectivity index (χ0v) is 20.1. The molecule has 2 atom stereocenters. The van der Waals surface area contributed by atoms with Crippen LogP contribution in [0.4, 0.5) is 0 Å². The summed E-state index contributed by atoms with van der Waals surface area (Å²) in [6.07, 6.45) is 8.78. The topological polar surface area (TPSA) is 96.2 Å². The lowest BCUT2D eigenvalue weighted by Crippen LogP contribution is -2.18. The molecule has 0 saturated heterocycles. The van der Waals surface area contributed by atoms with Gasteiger partial charge in [-0.25, -0.2) is 4.79 Å². The number of ether oxygens (including phenoxy) is 2. The van der Waals surface area contributed by atoms with Gasteiger partial charge in [0.1, 0.15) is 30.3 Å². The molecule has 0 spiro atoms. The number of carboxylic acid groups (broad SMARTS) is 1. The van der Waals surface area contributed by atoms with Crippen LogP contribution in [0, 0.1) is 0 Å². The highest BCUT2D eigenvalue weighted by atomic mass is 16.5. The fraction of sp³-hybridized carbons (Fsp3) is 0.593. The Morgan fingerprint density at radius 3 is 1.97 bits per heavy atom. The maximum atomic E-state index is 12.0. The first kappa shape index (κ1) is 26.9. The average Bonchev–Trinajstić information content (AvgIpc) is 2.81. The lowest BCUT2D eigenvalue weighted by molar-refractivity contribution is 0.0682. The van der Waals surface area contributed by atoms with E-state index in [4.69, 9.17) is 9.47 Å². The SMILES string of the molecule is CCCCCCC(O)COc1ccc2ccc(OCC(O)CCCCCC)c(C(=O)O)c2c1. The van der Waals surface area contributed by atoms with Gasteiger partial charge >= 0.3 is 5.97 Å². The van der Waals surface area contributed by atoms with Gasteiger partial charge in [-0.15, -0.1) is 0 Å². The van der Waals surface area contributed by atoms with Crippen LogP contribution in [-0.2, 0) is 0 Å². The van der Waals surface area contributed by atoms with Crippen LogP contribution in [0.2, 0.25) is 0 Å². The number of fused-ring (bicyclic) bond motifs is 1. The molecule has 3 N–H and O–H groups in total. The van der Waals surface area contributed by atoms with Crippen molar-refractivity contribution in [3.8, 4) is 11.5 Å². The van der Waals surface area contributed by atoms with E-state index in [0.717, 1.165) is 56.8 Å². The van der Waals surface area contributed by atoms with Crippen molar-refractivity contribution in [1.82, 2.24) is 0 Å². The molecule has 184 valence electrons. The molecule has 0 aromatic heterocycles. The van der Waals surface area contributed by atoms with Crippen molar-refractivity contribution >= 4 is 16.7 Å². The van der Waals surface area contributed by atoms with Crippen molar-refractivity contribution in [2.24, 2.45) is 0 Å². The molecule has 2 rings (SSSR count). The summed E-state index contributed by atoms with van der Waals surface area (Å²) in [7, 11) is 0. The minimum Gasteiger partial charge on any atom is -0.491 e. The average molecular weight is 461 g/mol. The van der Waals surface area contributed by atoms with Crippen LogP contribution in [0.25, 0.3) is 10.8 Å². The Bertz CT molecular complexity index is 845. The van der Waals surface area contributed by atoms with Crippen LogP contribution in [0.3, 0.4) is 0 Å². The van der Waals surface area contributed by atoms with E-state index in [-0.39, 0.29) is 24.5 Å². The van der Waals surface area contributed by atoms with E-state index in [0.29, 0.717) is 24.0 Å². The highest BCUT2D eigenvalue weighted by Gasteiger charge is 2.18. The highest BCUT2D eigenvalue weighted by molar-refractivity contribution is 6.06. The predicted molar refractivity (Wildman–Crippen MR) is 131 cm³/mol. The van der Waals surface area contributed by atoms with Crippen molar-refractivity contribution in [3.63, 3.8) is 0 Å². The Morgan fingerprint density at radius 2 is 1.39 bits per heavy atom. The first-order chi connectivity index (χ1) is 16.0. The van der Waals surface area contributed by atoms with E-state index in [1.165, 1.54) is 0 Å². The van der Waals surface area contributed by atoms with Gasteiger partial charge in [-0.2, -0.15) is 0 Å². The third kappa shape index (κ3) is 9.22. The summed E-state index contributed by atoms with van der Waals surface area (Å²) in [5.41, 5.74) is 0.0521. The molecule has 0 amide bonds. The summed E-state index contributed by atoms with van der Waals surface area (Å²) in [5, 5.41) is 31.5. The van der Waals surface area contributed by atoms with Crippen LogP contribution in [0.5, 0.6) is 11.5 Å². The summed E-state index contributed by atoms with van der Waals surface area (Å²) in [5.74, 6) is -0.359. The van der Waals surface area contributed by atoms with Crippen molar-refractivity contribution in [2.75, 3.05) is 13.2 Å². The van der Waals surface area contributed by atoms with Gasteiger partial charge in [0.05, 0.1) is 12.2 Å². The number of unbranched alkanes of at least 4 members (excludes halogenated alkanes) is 6. The van der Waals surface area contributed by atoms with E-state index < -0.39 is 18.2 Å². The minimum atomic E-state index is -1.10. The van der Waals surface area contributed by atoms with Crippen molar-refractivity contribution in [1.29, 1.82) is 0 Å². The summed E-state index contributed by atoms with van der Waals surface area (Å²) in [6.45, 7) is 4.51. The van der Waals surface area contributed by atoms with Crippen LogP contribution >= 0.6 is 0 Å². The summed E-state index contributed by atoms with van der Waals surface area (Å²) in [4.78, 5) is 12.0. The number of benzene rings is 2. The van der Waals surface area contributed by atoms with Gasteiger partial charge < -0.3 is 24.8 Å². The van der Waals surface area contributed by atoms with Gasteiger partial charge in [-0.3, -0.25) is 0 Å². The maximum absolute atomic E-state index is 12.0. The van der Waals surface area contributed by atoms with E-state index in [9.17, 15) is 20.1 Å². The molecular formula is C27H40O6. The Kier molecular flexibility index (Phi) is 12.0.